The van der Waals surface area contributed by atoms with Crippen LogP contribution in [0.3, 0.4) is 0 Å². The molecular formula is C22H19N3O3S. The molecule has 3 aromatic rings. The summed E-state index contributed by atoms with van der Waals surface area (Å²) in [7, 11) is -3.91. The van der Waals surface area contributed by atoms with E-state index in [1.54, 1.807) is 60.7 Å². The predicted octanol–water partition coefficient (Wildman–Crippen LogP) is 3.52. The monoisotopic (exact) mass is 405 g/mol. The summed E-state index contributed by atoms with van der Waals surface area (Å²) >= 11 is 0. The average Bonchev–Trinajstić information content (AvgIpc) is 2.72. The van der Waals surface area contributed by atoms with Crippen LogP contribution in [-0.2, 0) is 10.0 Å². The van der Waals surface area contributed by atoms with E-state index in [0.717, 1.165) is 15.4 Å². The number of anilines is 1. The molecule has 7 heteroatoms. The van der Waals surface area contributed by atoms with Gasteiger partial charge in [-0.3, -0.25) is 4.31 Å². The summed E-state index contributed by atoms with van der Waals surface area (Å²) in [5, 5.41) is 20.4. The second-order valence-corrected chi connectivity index (χ2v) is 8.23. The quantitative estimate of drug-likeness (QED) is 0.357. The minimum atomic E-state index is -3.91. The third-order valence-corrected chi connectivity index (χ3v) is 6.09. The first-order chi connectivity index (χ1) is 13.9. The number of hydrogen-bond donors (Lipinski definition) is 0. The van der Waals surface area contributed by atoms with Crippen molar-refractivity contribution in [3.8, 4) is 6.07 Å². The van der Waals surface area contributed by atoms with Crippen LogP contribution in [0.2, 0.25) is 0 Å². The molecule has 146 valence electrons. The number of aryl methyl sites for hydroxylation is 1. The van der Waals surface area contributed by atoms with Gasteiger partial charge in [-0.1, -0.05) is 48.0 Å². The lowest BCUT2D eigenvalue weighted by molar-refractivity contribution is -0.605. The molecule has 0 bridgehead atoms. The number of pyridine rings is 1. The SMILES string of the molecule is Cc1ccc(S(=O)(=O)N(CC#N)c2ccccc2/C=C/c2cc[n+]([O-])cc2)cc1. The van der Waals surface area contributed by atoms with Crippen molar-refractivity contribution in [1.82, 2.24) is 0 Å². The van der Waals surface area contributed by atoms with Gasteiger partial charge in [0.2, 0.25) is 0 Å². The fraction of sp³-hybridized carbons (Fsp3) is 0.0909. The van der Waals surface area contributed by atoms with Gasteiger partial charge in [0.1, 0.15) is 6.54 Å². The molecule has 0 saturated heterocycles. The van der Waals surface area contributed by atoms with Gasteiger partial charge >= 0.3 is 0 Å². The molecule has 1 aromatic heterocycles. The Balaban J connectivity index is 2.03. The fourth-order valence-electron chi connectivity index (χ4n) is 2.78. The van der Waals surface area contributed by atoms with Crippen LogP contribution in [-0.4, -0.2) is 15.0 Å². The highest BCUT2D eigenvalue weighted by molar-refractivity contribution is 7.92. The molecule has 0 fully saturated rings. The highest BCUT2D eigenvalue weighted by Crippen LogP contribution is 2.28. The normalized spacial score (nSPS) is 11.3. The van der Waals surface area contributed by atoms with E-state index >= 15 is 0 Å². The summed E-state index contributed by atoms with van der Waals surface area (Å²) in [6.07, 6.45) is 6.31. The zero-order valence-corrected chi connectivity index (χ0v) is 16.6. The lowest BCUT2D eigenvalue weighted by Crippen LogP contribution is -2.32. The molecule has 3 rings (SSSR count). The van der Waals surface area contributed by atoms with Crippen molar-refractivity contribution in [3.63, 3.8) is 0 Å². The number of benzene rings is 2. The molecule has 0 radical (unpaired) electrons. The summed E-state index contributed by atoms with van der Waals surface area (Å²) in [6.45, 7) is 1.56. The van der Waals surface area contributed by atoms with Crippen molar-refractivity contribution in [1.29, 1.82) is 5.26 Å². The van der Waals surface area contributed by atoms with Crippen LogP contribution >= 0.6 is 0 Å². The van der Waals surface area contributed by atoms with Crippen molar-refractivity contribution >= 4 is 27.9 Å². The number of nitriles is 1. The Morgan fingerprint density at radius 3 is 2.34 bits per heavy atom. The highest BCUT2D eigenvalue weighted by Gasteiger charge is 2.26. The topological polar surface area (TPSA) is 88.1 Å². The Morgan fingerprint density at radius 2 is 1.69 bits per heavy atom. The molecule has 0 spiro atoms. The molecule has 6 nitrogen and oxygen atoms in total. The lowest BCUT2D eigenvalue weighted by atomic mass is 10.1. The van der Waals surface area contributed by atoms with Crippen molar-refractivity contribution in [2.45, 2.75) is 11.8 Å². The number of aromatic nitrogens is 1. The van der Waals surface area contributed by atoms with Crippen LogP contribution in [0, 0.1) is 23.5 Å². The molecule has 0 unspecified atom stereocenters. The summed E-state index contributed by atoms with van der Waals surface area (Å²) < 4.78 is 28.2. The van der Waals surface area contributed by atoms with Gasteiger partial charge in [-0.05, 0) is 36.2 Å². The van der Waals surface area contributed by atoms with E-state index in [1.165, 1.54) is 24.5 Å². The van der Waals surface area contributed by atoms with E-state index in [9.17, 15) is 18.9 Å². The van der Waals surface area contributed by atoms with Gasteiger partial charge < -0.3 is 5.21 Å². The molecule has 2 aromatic carbocycles. The Labute approximate surface area is 170 Å². The number of hydrogen-bond acceptors (Lipinski definition) is 4. The second kappa shape index (κ2) is 8.59. The number of rotatable bonds is 6. The van der Waals surface area contributed by atoms with Gasteiger partial charge in [-0.15, -0.1) is 0 Å². The average molecular weight is 405 g/mol. The zero-order chi connectivity index (χ0) is 20.9. The first kappa shape index (κ1) is 20.1. The van der Waals surface area contributed by atoms with Crippen LogP contribution in [0.1, 0.15) is 16.7 Å². The third-order valence-electron chi connectivity index (χ3n) is 4.31. The maximum absolute atomic E-state index is 13.2. The summed E-state index contributed by atoms with van der Waals surface area (Å²) in [5.74, 6) is 0. The second-order valence-electron chi connectivity index (χ2n) is 6.37. The van der Waals surface area contributed by atoms with E-state index in [-0.39, 0.29) is 11.4 Å². The summed E-state index contributed by atoms with van der Waals surface area (Å²) in [4.78, 5) is 0.125. The molecule has 0 saturated carbocycles. The molecule has 29 heavy (non-hydrogen) atoms. The molecule has 0 aliphatic rings. The smallest absolute Gasteiger partial charge is 0.265 e. The van der Waals surface area contributed by atoms with E-state index in [0.29, 0.717) is 16.0 Å². The Kier molecular flexibility index (Phi) is 5.96. The molecule has 0 N–H and O–H groups in total. The fourth-order valence-corrected chi connectivity index (χ4v) is 4.17. The van der Waals surface area contributed by atoms with E-state index in [4.69, 9.17) is 0 Å². The Hall–Kier alpha value is -3.63. The van der Waals surface area contributed by atoms with E-state index < -0.39 is 10.0 Å². The molecule has 1 heterocycles. The van der Waals surface area contributed by atoms with Crippen molar-refractivity contribution in [2.75, 3.05) is 10.8 Å². The Morgan fingerprint density at radius 1 is 1.03 bits per heavy atom. The molecule has 0 amide bonds. The maximum atomic E-state index is 13.2. The number of para-hydroxylation sites is 1. The van der Waals surface area contributed by atoms with Gasteiger partial charge in [-0.25, -0.2) is 8.42 Å². The molecular weight excluding hydrogens is 386 g/mol. The largest absolute Gasteiger partial charge is 0.619 e. The van der Waals surface area contributed by atoms with Gasteiger partial charge in [0.05, 0.1) is 16.7 Å². The van der Waals surface area contributed by atoms with Crippen LogP contribution in [0.4, 0.5) is 5.69 Å². The van der Waals surface area contributed by atoms with Gasteiger partial charge in [0.25, 0.3) is 10.0 Å². The lowest BCUT2D eigenvalue weighted by Gasteiger charge is -2.23. The summed E-state index contributed by atoms with van der Waals surface area (Å²) in [5.41, 5.74) is 2.78. The van der Waals surface area contributed by atoms with Gasteiger partial charge in [0, 0.05) is 12.1 Å². The van der Waals surface area contributed by atoms with Crippen molar-refractivity contribution < 1.29 is 13.1 Å². The third kappa shape index (κ3) is 4.62. The number of sulfonamides is 1. The van der Waals surface area contributed by atoms with Crippen molar-refractivity contribution in [2.24, 2.45) is 0 Å². The van der Waals surface area contributed by atoms with Crippen LogP contribution in [0.15, 0.2) is 78.0 Å². The predicted molar refractivity (Wildman–Crippen MR) is 112 cm³/mol. The summed E-state index contributed by atoms with van der Waals surface area (Å²) in [6, 6.07) is 18.7. The van der Waals surface area contributed by atoms with E-state index in [1.807, 2.05) is 13.0 Å². The minimum Gasteiger partial charge on any atom is -0.619 e. The first-order valence-corrected chi connectivity index (χ1v) is 10.3. The Bertz CT molecular complexity index is 1160. The standard InChI is InChI=1S/C22H19N3O3S/c1-18-6-10-21(11-7-18)29(27,28)25(17-14-23)22-5-3-2-4-20(22)9-8-19-12-15-24(26)16-13-19/h2-13,15-16H,17H2,1H3/b9-8+. The minimum absolute atomic E-state index is 0.125. The molecule has 0 atom stereocenters. The van der Waals surface area contributed by atoms with Crippen LogP contribution < -0.4 is 9.04 Å². The van der Waals surface area contributed by atoms with Gasteiger partial charge in [0.15, 0.2) is 12.4 Å². The zero-order valence-electron chi connectivity index (χ0n) is 15.8. The van der Waals surface area contributed by atoms with Gasteiger partial charge in [-0.2, -0.15) is 9.99 Å². The first-order valence-electron chi connectivity index (χ1n) is 8.84. The molecule has 0 aliphatic carbocycles. The van der Waals surface area contributed by atoms with Crippen molar-refractivity contribution in [3.05, 3.63) is 95.0 Å². The molecule has 0 aliphatic heterocycles. The number of nitrogens with zero attached hydrogens (tertiary/aromatic N) is 3. The van der Waals surface area contributed by atoms with Crippen LogP contribution in [0.25, 0.3) is 12.2 Å². The highest BCUT2D eigenvalue weighted by atomic mass is 32.2. The maximum Gasteiger partial charge on any atom is 0.265 e. The van der Waals surface area contributed by atoms with Crippen LogP contribution in [0.5, 0.6) is 0 Å². The van der Waals surface area contributed by atoms with E-state index in [2.05, 4.69) is 0 Å².